The lowest BCUT2D eigenvalue weighted by Gasteiger charge is -2.19. The van der Waals surface area contributed by atoms with Gasteiger partial charge in [-0.15, -0.1) is 0 Å². The molecule has 0 aromatic heterocycles. The van der Waals surface area contributed by atoms with E-state index in [1.54, 1.807) is 0 Å². The third-order valence-electron chi connectivity index (χ3n) is 4.71. The van der Waals surface area contributed by atoms with Crippen LogP contribution in [0.25, 0.3) is 0 Å². The molecule has 0 heterocycles. The van der Waals surface area contributed by atoms with Crippen LogP contribution in [-0.2, 0) is 4.79 Å². The van der Waals surface area contributed by atoms with Crippen LogP contribution in [0.15, 0.2) is 0 Å². The molecule has 2 atom stereocenters. The van der Waals surface area contributed by atoms with Crippen LogP contribution in [0.1, 0.15) is 125 Å². The Bertz CT molecular complexity index is 269. The van der Waals surface area contributed by atoms with Crippen molar-refractivity contribution in [3.63, 3.8) is 0 Å². The van der Waals surface area contributed by atoms with E-state index >= 15 is 0 Å². The van der Waals surface area contributed by atoms with Crippen LogP contribution >= 0.6 is 0 Å². The summed E-state index contributed by atoms with van der Waals surface area (Å²) in [5, 5.41) is 9.87. The highest BCUT2D eigenvalue weighted by molar-refractivity contribution is 5.72. The summed E-state index contributed by atoms with van der Waals surface area (Å²) in [6.45, 7) is 11.9. The molecule has 0 spiro atoms. The Balaban J connectivity index is 0. The first-order valence-electron chi connectivity index (χ1n) is 11.0. The van der Waals surface area contributed by atoms with Crippen LogP contribution in [0.3, 0.4) is 0 Å². The fourth-order valence-corrected chi connectivity index (χ4v) is 2.96. The number of carbonyl (C=O) groups is 1. The van der Waals surface area contributed by atoms with Gasteiger partial charge in [0.1, 0.15) is 5.78 Å². The number of unbranched alkanes of at least 4 members (excludes halogenated alkanes) is 10. The van der Waals surface area contributed by atoms with E-state index < -0.39 is 0 Å². The summed E-state index contributed by atoms with van der Waals surface area (Å²) < 4.78 is 0. The molecule has 2 nitrogen and oxygen atoms in total. The number of ketones is 1. The van der Waals surface area contributed by atoms with E-state index in [0.29, 0.717) is 11.8 Å². The van der Waals surface area contributed by atoms with E-state index in [1.165, 1.54) is 90.9 Å². The van der Waals surface area contributed by atoms with Gasteiger partial charge in [-0.05, 0) is 32.1 Å². The van der Waals surface area contributed by atoms with Crippen molar-refractivity contribution >= 4 is 5.78 Å². The Morgan fingerprint density at radius 2 is 1.12 bits per heavy atom. The largest absolute Gasteiger partial charge is 0.393 e. The Kier molecular flexibility index (Phi) is 21.4. The highest BCUT2D eigenvalue weighted by atomic mass is 16.3. The molecule has 0 aliphatic heterocycles. The molecule has 2 heteroatoms. The van der Waals surface area contributed by atoms with Crippen molar-refractivity contribution in [2.75, 3.05) is 0 Å². The van der Waals surface area contributed by atoms with Gasteiger partial charge in [0.05, 0.1) is 6.10 Å². The lowest BCUT2D eigenvalue weighted by molar-refractivity contribution is -0.114. The second-order valence-electron chi connectivity index (χ2n) is 8.38. The second-order valence-corrected chi connectivity index (χ2v) is 8.38. The third-order valence-corrected chi connectivity index (χ3v) is 4.71. The van der Waals surface area contributed by atoms with E-state index in [2.05, 4.69) is 27.7 Å². The molecule has 0 amide bonds. The molecule has 152 valence electrons. The van der Waals surface area contributed by atoms with Crippen molar-refractivity contribution in [1.82, 2.24) is 0 Å². The normalized spacial score (nSPS) is 13.3. The molecule has 0 aromatic carbocycles. The van der Waals surface area contributed by atoms with Crippen LogP contribution in [0.2, 0.25) is 0 Å². The molecule has 0 fully saturated rings. The molecule has 0 aliphatic rings. The maximum absolute atomic E-state index is 9.87. The molecule has 0 bridgehead atoms. The van der Waals surface area contributed by atoms with Crippen LogP contribution in [0.5, 0.6) is 0 Å². The van der Waals surface area contributed by atoms with Gasteiger partial charge in [0.15, 0.2) is 0 Å². The standard InChI is InChI=1S/C20H42O.C3H6O/c1-5-6-7-8-9-10-11-12-13-14-15-16-19(4)17-20(21)18(2)3;1-3(2)4/h18-21H,5-17H2,1-4H3;1-2H3/t19-,20?;/m0./s1. The van der Waals surface area contributed by atoms with Gasteiger partial charge in [0.2, 0.25) is 0 Å². The number of rotatable bonds is 15. The average Bonchev–Trinajstić information content (AvgIpc) is 2.51. The Morgan fingerprint density at radius 1 is 0.760 bits per heavy atom. The summed E-state index contributed by atoms with van der Waals surface area (Å²) in [6.07, 6.45) is 17.7. The molecular formula is C23H48O2. The molecule has 0 aromatic rings. The topological polar surface area (TPSA) is 37.3 Å². The lowest BCUT2D eigenvalue weighted by Crippen LogP contribution is -2.18. The predicted octanol–water partition coefficient (Wildman–Crippen LogP) is 7.33. The van der Waals surface area contributed by atoms with Gasteiger partial charge in [-0.2, -0.15) is 0 Å². The Labute approximate surface area is 159 Å². The number of aliphatic hydroxyl groups is 1. The predicted molar refractivity (Wildman–Crippen MR) is 112 cm³/mol. The van der Waals surface area contributed by atoms with Crippen LogP contribution in [-0.4, -0.2) is 17.0 Å². The summed E-state index contributed by atoms with van der Waals surface area (Å²) in [7, 11) is 0. The van der Waals surface area contributed by atoms with Crippen LogP contribution in [0, 0.1) is 11.8 Å². The second kappa shape index (κ2) is 19.9. The maximum atomic E-state index is 9.87. The van der Waals surface area contributed by atoms with Crippen molar-refractivity contribution < 1.29 is 9.90 Å². The summed E-state index contributed by atoms with van der Waals surface area (Å²) in [6, 6.07) is 0. The molecule has 25 heavy (non-hydrogen) atoms. The molecule has 1 unspecified atom stereocenters. The summed E-state index contributed by atoms with van der Waals surface area (Å²) in [5.74, 6) is 1.26. The third kappa shape index (κ3) is 26.0. The molecule has 1 N–H and O–H groups in total. The zero-order valence-corrected chi connectivity index (χ0v) is 18.3. The van der Waals surface area contributed by atoms with Crippen molar-refractivity contribution in [3.05, 3.63) is 0 Å². The number of hydrogen-bond donors (Lipinski definition) is 1. The van der Waals surface area contributed by atoms with E-state index in [4.69, 9.17) is 0 Å². The first kappa shape index (κ1) is 26.9. The number of hydrogen-bond acceptors (Lipinski definition) is 2. The van der Waals surface area contributed by atoms with Gasteiger partial charge in [0, 0.05) is 0 Å². The monoisotopic (exact) mass is 356 g/mol. The lowest BCUT2D eigenvalue weighted by atomic mass is 9.92. The summed E-state index contributed by atoms with van der Waals surface area (Å²) in [5.41, 5.74) is 0. The zero-order chi connectivity index (χ0) is 19.5. The smallest absolute Gasteiger partial charge is 0.126 e. The fraction of sp³-hybridized carbons (Fsp3) is 0.957. The van der Waals surface area contributed by atoms with E-state index in [9.17, 15) is 9.90 Å². The Hall–Kier alpha value is -0.370. The number of carbonyl (C=O) groups excluding carboxylic acids is 1. The fourth-order valence-electron chi connectivity index (χ4n) is 2.96. The highest BCUT2D eigenvalue weighted by Crippen LogP contribution is 2.19. The first-order chi connectivity index (χ1) is 11.8. The minimum Gasteiger partial charge on any atom is -0.393 e. The average molecular weight is 357 g/mol. The number of Topliss-reactive ketones (excluding diaryl/α,β-unsaturated/α-hetero) is 1. The van der Waals surface area contributed by atoms with Gasteiger partial charge >= 0.3 is 0 Å². The van der Waals surface area contributed by atoms with Crippen LogP contribution in [0.4, 0.5) is 0 Å². The minimum atomic E-state index is -0.104. The molecule has 0 rings (SSSR count). The van der Waals surface area contributed by atoms with E-state index in [1.807, 2.05) is 0 Å². The quantitative estimate of drug-likeness (QED) is 0.312. The van der Waals surface area contributed by atoms with Gasteiger partial charge in [-0.3, -0.25) is 0 Å². The highest BCUT2D eigenvalue weighted by Gasteiger charge is 2.13. The summed E-state index contributed by atoms with van der Waals surface area (Å²) in [4.78, 5) is 9.44. The van der Waals surface area contributed by atoms with Crippen molar-refractivity contribution in [1.29, 1.82) is 0 Å². The maximum Gasteiger partial charge on any atom is 0.126 e. The van der Waals surface area contributed by atoms with Crippen molar-refractivity contribution in [3.8, 4) is 0 Å². The van der Waals surface area contributed by atoms with Crippen LogP contribution < -0.4 is 0 Å². The molecular weight excluding hydrogens is 308 g/mol. The summed E-state index contributed by atoms with van der Waals surface area (Å²) >= 11 is 0. The molecule has 0 saturated heterocycles. The zero-order valence-electron chi connectivity index (χ0n) is 18.3. The molecule has 0 radical (unpaired) electrons. The van der Waals surface area contributed by atoms with Gasteiger partial charge in [-0.1, -0.05) is 105 Å². The van der Waals surface area contributed by atoms with Gasteiger partial charge in [0.25, 0.3) is 0 Å². The van der Waals surface area contributed by atoms with Gasteiger partial charge < -0.3 is 9.90 Å². The van der Waals surface area contributed by atoms with Crippen molar-refractivity contribution in [2.24, 2.45) is 11.8 Å². The minimum absolute atomic E-state index is 0.104. The molecule has 0 aliphatic carbocycles. The number of aliphatic hydroxyl groups excluding tert-OH is 1. The van der Waals surface area contributed by atoms with E-state index in [-0.39, 0.29) is 11.9 Å². The Morgan fingerprint density at radius 3 is 1.48 bits per heavy atom. The molecule has 0 saturated carbocycles. The SMILES string of the molecule is CC(C)=O.CCCCCCCCCCCCC[C@H](C)CC(O)C(C)C. The first-order valence-corrected chi connectivity index (χ1v) is 11.0. The van der Waals surface area contributed by atoms with Crippen molar-refractivity contribution in [2.45, 2.75) is 131 Å². The van der Waals surface area contributed by atoms with E-state index in [0.717, 1.165) is 6.42 Å². The van der Waals surface area contributed by atoms with Gasteiger partial charge in [-0.25, -0.2) is 0 Å².